The number of hydrogen-bond acceptors (Lipinski definition) is 5. The molecule has 0 unspecified atom stereocenters. The second kappa shape index (κ2) is 7.47. The summed E-state index contributed by atoms with van der Waals surface area (Å²) >= 11 is 0. The van der Waals surface area contributed by atoms with Crippen molar-refractivity contribution in [3.63, 3.8) is 0 Å². The first kappa shape index (κ1) is 15.8. The van der Waals surface area contributed by atoms with Gasteiger partial charge in [0.15, 0.2) is 0 Å². The van der Waals surface area contributed by atoms with Crippen LogP contribution in [0.2, 0.25) is 0 Å². The minimum atomic E-state index is 0.120. The Morgan fingerprint density at radius 1 is 1.12 bits per heavy atom. The number of halogens is 1. The topological polar surface area (TPSA) is 78.9 Å². The molecule has 1 aromatic heterocycles. The zero-order chi connectivity index (χ0) is 16.8. The third-order valence-corrected chi connectivity index (χ3v) is 3.35. The van der Waals surface area contributed by atoms with Crippen LogP contribution in [0, 0.1) is 0 Å². The third-order valence-electron chi connectivity index (χ3n) is 3.35. The smallest absolute Gasteiger partial charge is 0.205 e. The zero-order valence-electron chi connectivity index (χ0n) is 12.8. The molecule has 122 valence electrons. The van der Waals surface area contributed by atoms with E-state index in [0.717, 1.165) is 11.3 Å². The van der Waals surface area contributed by atoms with Gasteiger partial charge < -0.3 is 10.5 Å². The van der Waals surface area contributed by atoms with Gasteiger partial charge >= 0.3 is 0 Å². The van der Waals surface area contributed by atoms with Gasteiger partial charge in [0.1, 0.15) is 12.4 Å². The predicted molar refractivity (Wildman–Crippen MR) is 88.3 cm³/mol. The summed E-state index contributed by atoms with van der Waals surface area (Å²) in [6.45, 7) is 0.246. The Balaban J connectivity index is 1.71. The van der Waals surface area contributed by atoms with Crippen LogP contribution in [-0.4, -0.2) is 33.4 Å². The summed E-state index contributed by atoms with van der Waals surface area (Å²) in [4.78, 5) is 1.47. The Morgan fingerprint density at radius 3 is 2.54 bits per heavy atom. The quantitative estimate of drug-likeness (QED) is 0.753. The highest BCUT2D eigenvalue weighted by Gasteiger charge is 2.07. The largest absolute Gasteiger partial charge is 0.489 e. The fourth-order valence-corrected chi connectivity index (χ4v) is 2.01. The molecule has 0 aliphatic heterocycles. The average molecular weight is 325 g/mol. The van der Waals surface area contributed by atoms with Gasteiger partial charge in [-0.1, -0.05) is 18.2 Å². The average Bonchev–Trinajstić information content (AvgIpc) is 3.14. The van der Waals surface area contributed by atoms with Crippen LogP contribution in [-0.2, 0) is 0 Å². The van der Waals surface area contributed by atoms with Crippen molar-refractivity contribution in [1.82, 2.24) is 20.2 Å². The fourth-order valence-electron chi connectivity index (χ4n) is 2.01. The number of benzene rings is 2. The van der Waals surface area contributed by atoms with Crippen molar-refractivity contribution in [2.45, 2.75) is 0 Å². The second-order valence-electron chi connectivity index (χ2n) is 5.02. The lowest BCUT2D eigenvalue weighted by molar-refractivity contribution is 0.347. The van der Waals surface area contributed by atoms with Crippen molar-refractivity contribution < 1.29 is 9.13 Å². The van der Waals surface area contributed by atoms with Crippen molar-refractivity contribution in [3.05, 3.63) is 66.5 Å². The third kappa shape index (κ3) is 3.64. The van der Waals surface area contributed by atoms with Gasteiger partial charge in [0.05, 0.1) is 12.0 Å². The molecule has 0 aliphatic carbocycles. The SMILES string of the molecule is NC/C(=C\F)COc1ccc(-c2nnn(-c3ccccc3)n2)cc1. The van der Waals surface area contributed by atoms with Crippen LogP contribution >= 0.6 is 0 Å². The van der Waals surface area contributed by atoms with Crippen molar-refractivity contribution in [2.24, 2.45) is 5.73 Å². The minimum absolute atomic E-state index is 0.120. The van der Waals surface area contributed by atoms with Crippen LogP contribution in [0.25, 0.3) is 17.1 Å². The Morgan fingerprint density at radius 2 is 1.88 bits per heavy atom. The van der Waals surface area contributed by atoms with E-state index in [1.165, 1.54) is 4.80 Å². The van der Waals surface area contributed by atoms with Crippen LogP contribution in [0.15, 0.2) is 66.5 Å². The zero-order valence-corrected chi connectivity index (χ0v) is 12.8. The van der Waals surface area contributed by atoms with Crippen molar-refractivity contribution in [1.29, 1.82) is 0 Å². The van der Waals surface area contributed by atoms with E-state index in [0.29, 0.717) is 23.5 Å². The molecule has 0 atom stereocenters. The van der Waals surface area contributed by atoms with Crippen molar-refractivity contribution in [2.75, 3.05) is 13.2 Å². The molecule has 7 heteroatoms. The Bertz CT molecular complexity index is 815. The predicted octanol–water partition coefficient (Wildman–Crippen LogP) is 2.52. The highest BCUT2D eigenvalue weighted by atomic mass is 19.1. The molecule has 0 radical (unpaired) electrons. The van der Waals surface area contributed by atoms with E-state index in [9.17, 15) is 4.39 Å². The van der Waals surface area contributed by atoms with Crippen LogP contribution in [0.5, 0.6) is 5.75 Å². The van der Waals surface area contributed by atoms with Gasteiger partial charge in [0.25, 0.3) is 0 Å². The summed E-state index contributed by atoms with van der Waals surface area (Å²) in [5, 5.41) is 12.5. The monoisotopic (exact) mass is 325 g/mol. The molecule has 0 bridgehead atoms. The molecule has 0 fully saturated rings. The molecule has 3 aromatic rings. The van der Waals surface area contributed by atoms with Gasteiger partial charge in [0.2, 0.25) is 5.82 Å². The van der Waals surface area contributed by atoms with E-state index >= 15 is 0 Å². The van der Waals surface area contributed by atoms with Gasteiger partial charge in [0, 0.05) is 17.7 Å². The molecule has 2 aromatic carbocycles. The number of tetrazole rings is 1. The molecular formula is C17H16FN5O. The summed E-state index contributed by atoms with van der Waals surface area (Å²) in [5.74, 6) is 1.12. The van der Waals surface area contributed by atoms with Crippen LogP contribution in [0.1, 0.15) is 0 Å². The van der Waals surface area contributed by atoms with E-state index in [-0.39, 0.29) is 13.2 Å². The summed E-state index contributed by atoms with van der Waals surface area (Å²) < 4.78 is 17.9. The molecule has 3 rings (SSSR count). The second-order valence-corrected chi connectivity index (χ2v) is 5.02. The van der Waals surface area contributed by atoms with Crippen LogP contribution < -0.4 is 10.5 Å². The Hall–Kier alpha value is -3.06. The Labute approximate surface area is 138 Å². The van der Waals surface area contributed by atoms with Crippen LogP contribution in [0.3, 0.4) is 0 Å². The summed E-state index contributed by atoms with van der Waals surface area (Å²) in [6, 6.07) is 16.7. The van der Waals surface area contributed by atoms with Gasteiger partial charge in [-0.3, -0.25) is 0 Å². The number of para-hydroxylation sites is 1. The molecule has 6 nitrogen and oxygen atoms in total. The van der Waals surface area contributed by atoms with Gasteiger partial charge in [-0.05, 0) is 41.6 Å². The number of ether oxygens (including phenoxy) is 1. The van der Waals surface area contributed by atoms with E-state index in [1.807, 2.05) is 42.5 Å². The maximum atomic E-state index is 12.4. The molecule has 1 heterocycles. The molecule has 0 saturated carbocycles. The summed E-state index contributed by atoms with van der Waals surface area (Å²) in [5.41, 5.74) is 7.43. The fraction of sp³-hybridized carbons (Fsp3) is 0.118. The van der Waals surface area contributed by atoms with Crippen molar-refractivity contribution in [3.8, 4) is 22.8 Å². The number of nitrogens with two attached hydrogens (primary N) is 1. The molecular weight excluding hydrogens is 309 g/mol. The van der Waals surface area contributed by atoms with Gasteiger partial charge in [-0.25, -0.2) is 4.39 Å². The number of hydrogen-bond donors (Lipinski definition) is 1. The molecule has 0 saturated heterocycles. The number of nitrogens with zero attached hydrogens (tertiary/aromatic N) is 4. The lowest BCUT2D eigenvalue weighted by atomic mass is 10.2. The summed E-state index contributed by atoms with van der Waals surface area (Å²) in [6.07, 6.45) is 0.472. The number of rotatable bonds is 6. The molecule has 0 spiro atoms. The normalized spacial score (nSPS) is 11.5. The summed E-state index contributed by atoms with van der Waals surface area (Å²) in [7, 11) is 0. The maximum Gasteiger partial charge on any atom is 0.205 e. The molecule has 24 heavy (non-hydrogen) atoms. The van der Waals surface area contributed by atoms with E-state index in [2.05, 4.69) is 15.4 Å². The molecule has 0 aliphatic rings. The highest BCUT2D eigenvalue weighted by molar-refractivity contribution is 5.55. The Kier molecular flexibility index (Phi) is 4.93. The molecule has 2 N–H and O–H groups in total. The van der Waals surface area contributed by atoms with E-state index in [4.69, 9.17) is 10.5 Å². The first-order valence-corrected chi connectivity index (χ1v) is 7.37. The first-order valence-electron chi connectivity index (χ1n) is 7.37. The minimum Gasteiger partial charge on any atom is -0.489 e. The lowest BCUT2D eigenvalue weighted by Gasteiger charge is -2.07. The van der Waals surface area contributed by atoms with Gasteiger partial charge in [-0.2, -0.15) is 0 Å². The van der Waals surface area contributed by atoms with Gasteiger partial charge in [-0.15, -0.1) is 15.0 Å². The lowest BCUT2D eigenvalue weighted by Crippen LogP contribution is -2.10. The van der Waals surface area contributed by atoms with E-state index in [1.54, 1.807) is 12.1 Å². The number of aromatic nitrogens is 4. The van der Waals surface area contributed by atoms with Crippen molar-refractivity contribution >= 4 is 0 Å². The maximum absolute atomic E-state index is 12.4. The van der Waals surface area contributed by atoms with E-state index < -0.39 is 0 Å². The van der Waals surface area contributed by atoms with Crippen LogP contribution in [0.4, 0.5) is 4.39 Å². The highest BCUT2D eigenvalue weighted by Crippen LogP contribution is 2.19. The first-order chi connectivity index (χ1) is 11.8. The molecule has 0 amide bonds. The standard InChI is InChI=1S/C17H16FN5O/c18-10-13(11-19)12-24-16-8-6-14(7-9-16)17-20-22-23(21-17)15-4-2-1-3-5-15/h1-10H,11-12,19H2/b13-10+.